The van der Waals surface area contributed by atoms with Gasteiger partial charge < -0.3 is 10.1 Å². The van der Waals surface area contributed by atoms with E-state index in [-0.39, 0.29) is 12.0 Å². The van der Waals surface area contributed by atoms with Gasteiger partial charge in [0.15, 0.2) is 6.10 Å². The van der Waals surface area contributed by atoms with Crippen LogP contribution >= 0.6 is 0 Å². The molecule has 1 atom stereocenters. The van der Waals surface area contributed by atoms with Crippen molar-refractivity contribution < 1.29 is 9.53 Å². The molecular weight excluding hydrogens is 154 g/mol. The molecule has 1 aromatic carbocycles. The maximum absolute atomic E-state index is 11.1. The van der Waals surface area contributed by atoms with Crippen LogP contribution in [0.25, 0.3) is 0 Å². The van der Waals surface area contributed by atoms with Crippen LogP contribution < -0.4 is 5.32 Å². The summed E-state index contributed by atoms with van der Waals surface area (Å²) >= 11 is 0. The number of nitrogens with one attached hydrogen (secondary N) is 1. The number of hydrogen-bond donors (Lipinski definition) is 1. The van der Waals surface area contributed by atoms with Gasteiger partial charge in [-0.05, 0) is 12.1 Å². The highest BCUT2D eigenvalue weighted by atomic mass is 16.6. The molecule has 1 unspecified atom stereocenters. The van der Waals surface area contributed by atoms with Crippen molar-refractivity contribution in [3.05, 3.63) is 30.3 Å². The number of para-hydroxylation sites is 1. The summed E-state index contributed by atoms with van der Waals surface area (Å²) < 4.78 is 4.83. The zero-order chi connectivity index (χ0) is 8.39. The minimum Gasteiger partial charge on any atom is -0.363 e. The van der Waals surface area contributed by atoms with Crippen LogP contribution in [0.3, 0.4) is 0 Å². The number of carbonyl (C=O) groups is 1. The van der Waals surface area contributed by atoms with Gasteiger partial charge in [-0.25, -0.2) is 0 Å². The Kier molecular flexibility index (Phi) is 1.80. The fourth-order valence-corrected chi connectivity index (χ4v) is 0.944. The Labute approximate surface area is 70.3 Å². The molecule has 62 valence electrons. The Morgan fingerprint density at radius 1 is 1.42 bits per heavy atom. The number of epoxide rings is 1. The maximum atomic E-state index is 11.1. The van der Waals surface area contributed by atoms with Crippen LogP contribution in [-0.4, -0.2) is 18.6 Å². The zero-order valence-corrected chi connectivity index (χ0v) is 6.49. The van der Waals surface area contributed by atoms with E-state index in [1.807, 2.05) is 30.3 Å². The van der Waals surface area contributed by atoms with E-state index >= 15 is 0 Å². The molecule has 0 aromatic heterocycles. The van der Waals surface area contributed by atoms with E-state index < -0.39 is 0 Å². The van der Waals surface area contributed by atoms with Crippen LogP contribution in [-0.2, 0) is 9.53 Å². The average molecular weight is 163 g/mol. The van der Waals surface area contributed by atoms with Crippen molar-refractivity contribution in [3.63, 3.8) is 0 Å². The molecule has 0 radical (unpaired) electrons. The summed E-state index contributed by atoms with van der Waals surface area (Å²) in [5, 5.41) is 2.74. The van der Waals surface area contributed by atoms with E-state index in [2.05, 4.69) is 5.32 Å². The minimum absolute atomic E-state index is 0.0544. The lowest BCUT2D eigenvalue weighted by atomic mass is 10.3. The lowest BCUT2D eigenvalue weighted by Gasteiger charge is -2.00. The Morgan fingerprint density at radius 2 is 2.08 bits per heavy atom. The fraction of sp³-hybridized carbons (Fsp3) is 0.222. The number of ether oxygens (including phenoxy) is 1. The molecule has 0 spiro atoms. The summed E-state index contributed by atoms with van der Waals surface area (Å²) in [4.78, 5) is 11.1. The predicted octanol–water partition coefficient (Wildman–Crippen LogP) is 1.02. The molecule has 1 aliphatic rings. The van der Waals surface area contributed by atoms with E-state index in [4.69, 9.17) is 4.74 Å². The fourth-order valence-electron chi connectivity index (χ4n) is 0.944. The summed E-state index contributed by atoms with van der Waals surface area (Å²) in [5.74, 6) is -0.0544. The molecule has 2 rings (SSSR count). The number of benzene rings is 1. The van der Waals surface area contributed by atoms with Crippen LogP contribution in [0.1, 0.15) is 0 Å². The number of rotatable bonds is 2. The molecule has 1 N–H and O–H groups in total. The van der Waals surface area contributed by atoms with Gasteiger partial charge in [0.25, 0.3) is 5.91 Å². The molecule has 0 bridgehead atoms. The monoisotopic (exact) mass is 163 g/mol. The van der Waals surface area contributed by atoms with Gasteiger partial charge in [0, 0.05) is 5.69 Å². The average Bonchev–Trinajstić information content (AvgIpc) is 2.88. The molecular formula is C9H9NO2. The molecule has 0 saturated carbocycles. The molecule has 3 heteroatoms. The molecule has 1 aromatic rings. The largest absolute Gasteiger partial charge is 0.363 e. The minimum atomic E-state index is -0.217. The number of carbonyl (C=O) groups excluding carboxylic acids is 1. The third-order valence-electron chi connectivity index (χ3n) is 1.67. The first-order valence-corrected chi connectivity index (χ1v) is 3.84. The first kappa shape index (κ1) is 7.31. The van der Waals surface area contributed by atoms with E-state index in [1.165, 1.54) is 0 Å². The molecule has 1 fully saturated rings. The van der Waals surface area contributed by atoms with Gasteiger partial charge in [-0.2, -0.15) is 0 Å². The van der Waals surface area contributed by atoms with Crippen LogP contribution in [0.4, 0.5) is 5.69 Å². The van der Waals surface area contributed by atoms with Crippen molar-refractivity contribution in [1.82, 2.24) is 0 Å². The normalized spacial score (nSPS) is 20.2. The van der Waals surface area contributed by atoms with Crippen molar-refractivity contribution in [2.24, 2.45) is 0 Å². The van der Waals surface area contributed by atoms with Crippen molar-refractivity contribution in [1.29, 1.82) is 0 Å². The first-order chi connectivity index (χ1) is 5.86. The number of anilines is 1. The van der Waals surface area contributed by atoms with E-state index in [9.17, 15) is 4.79 Å². The molecule has 12 heavy (non-hydrogen) atoms. The van der Waals surface area contributed by atoms with Gasteiger partial charge in [0.2, 0.25) is 0 Å². The van der Waals surface area contributed by atoms with E-state index in [1.54, 1.807) is 0 Å². The van der Waals surface area contributed by atoms with Crippen molar-refractivity contribution >= 4 is 11.6 Å². The summed E-state index contributed by atoms with van der Waals surface area (Å²) in [5.41, 5.74) is 0.818. The third-order valence-corrected chi connectivity index (χ3v) is 1.67. The van der Waals surface area contributed by atoms with Gasteiger partial charge in [-0.1, -0.05) is 18.2 Å². The number of hydrogen-bond acceptors (Lipinski definition) is 2. The van der Waals surface area contributed by atoms with Crippen molar-refractivity contribution in [2.75, 3.05) is 11.9 Å². The van der Waals surface area contributed by atoms with Crippen LogP contribution in [0.5, 0.6) is 0 Å². The van der Waals surface area contributed by atoms with Crippen LogP contribution in [0.15, 0.2) is 30.3 Å². The summed E-state index contributed by atoms with van der Waals surface area (Å²) in [7, 11) is 0. The quantitative estimate of drug-likeness (QED) is 0.661. The highest BCUT2D eigenvalue weighted by Gasteiger charge is 2.30. The molecule has 1 heterocycles. The summed E-state index contributed by atoms with van der Waals surface area (Å²) in [6.45, 7) is 0.554. The smallest absolute Gasteiger partial charge is 0.255 e. The maximum Gasteiger partial charge on any atom is 0.255 e. The number of amides is 1. The van der Waals surface area contributed by atoms with E-state index in [0.717, 1.165) is 5.69 Å². The highest BCUT2D eigenvalue weighted by molar-refractivity contribution is 5.95. The highest BCUT2D eigenvalue weighted by Crippen LogP contribution is 2.12. The molecule has 1 aliphatic heterocycles. The summed E-state index contributed by atoms with van der Waals surface area (Å²) in [6, 6.07) is 9.36. The van der Waals surface area contributed by atoms with E-state index in [0.29, 0.717) is 6.61 Å². The lowest BCUT2D eigenvalue weighted by molar-refractivity contribution is -0.117. The second-order valence-electron chi connectivity index (χ2n) is 2.68. The Bertz CT molecular complexity index is 280. The van der Waals surface area contributed by atoms with Gasteiger partial charge in [-0.3, -0.25) is 4.79 Å². The molecule has 1 saturated heterocycles. The lowest BCUT2D eigenvalue weighted by Crippen LogP contribution is -2.17. The summed E-state index contributed by atoms with van der Waals surface area (Å²) in [6.07, 6.45) is -0.217. The first-order valence-electron chi connectivity index (χ1n) is 3.84. The third kappa shape index (κ3) is 1.62. The SMILES string of the molecule is O=C(Nc1ccccc1)C1CO1. The van der Waals surface area contributed by atoms with Crippen molar-refractivity contribution in [3.8, 4) is 0 Å². The van der Waals surface area contributed by atoms with Crippen LogP contribution in [0.2, 0.25) is 0 Å². The molecule has 1 amide bonds. The van der Waals surface area contributed by atoms with Crippen LogP contribution in [0, 0.1) is 0 Å². The predicted molar refractivity (Wildman–Crippen MR) is 44.8 cm³/mol. The Morgan fingerprint density at radius 3 is 2.67 bits per heavy atom. The van der Waals surface area contributed by atoms with Gasteiger partial charge in [-0.15, -0.1) is 0 Å². The Hall–Kier alpha value is -1.35. The Balaban J connectivity index is 1.98. The topological polar surface area (TPSA) is 41.6 Å². The van der Waals surface area contributed by atoms with Gasteiger partial charge in [0.1, 0.15) is 0 Å². The van der Waals surface area contributed by atoms with Crippen molar-refractivity contribution in [2.45, 2.75) is 6.10 Å². The second kappa shape index (κ2) is 2.95. The van der Waals surface area contributed by atoms with Gasteiger partial charge >= 0.3 is 0 Å². The second-order valence-corrected chi connectivity index (χ2v) is 2.68. The zero-order valence-electron chi connectivity index (χ0n) is 6.49. The molecule has 3 nitrogen and oxygen atoms in total. The standard InChI is InChI=1S/C9H9NO2/c11-9(8-6-12-8)10-7-4-2-1-3-5-7/h1-5,8H,6H2,(H,10,11). The molecule has 0 aliphatic carbocycles. The van der Waals surface area contributed by atoms with Gasteiger partial charge in [0.05, 0.1) is 6.61 Å².